The summed E-state index contributed by atoms with van der Waals surface area (Å²) in [5.41, 5.74) is 14.3. The minimum Gasteiger partial charge on any atom is -0.497 e. The number of hydrogen-bond acceptors (Lipinski definition) is 9. The molecule has 0 N–H and O–H groups in total. The molecular weight excluding hydrogens is 1070 g/mol. The first-order valence-electron chi connectivity index (χ1n) is 33.5. The van der Waals surface area contributed by atoms with E-state index in [-0.39, 0.29) is 5.78 Å². The Bertz CT molecular complexity index is 3160. The number of ketones is 3. The summed E-state index contributed by atoms with van der Waals surface area (Å²) in [6.45, 7) is 12.3. The lowest BCUT2D eigenvalue weighted by atomic mass is 9.89. The number of piperidine rings is 3. The summed E-state index contributed by atoms with van der Waals surface area (Å²) in [7, 11) is 5.99. The molecule has 12 rings (SSSR count). The smallest absolute Gasteiger partial charge is 0.189 e. The molecule has 0 spiro atoms. The Morgan fingerprint density at radius 3 is 1.34 bits per heavy atom. The second-order valence-corrected chi connectivity index (χ2v) is 26.2. The molecule has 6 aromatic rings. The molecule has 87 heavy (non-hydrogen) atoms. The number of carbonyl (C=O) groups excluding carboxylic acids is 3. The van der Waals surface area contributed by atoms with Crippen molar-refractivity contribution in [1.29, 1.82) is 0 Å². The van der Waals surface area contributed by atoms with E-state index in [0.717, 1.165) is 137 Å². The predicted octanol–water partition coefficient (Wildman–Crippen LogP) is 16.1. The first-order chi connectivity index (χ1) is 42.6. The van der Waals surface area contributed by atoms with E-state index in [1.807, 2.05) is 18.2 Å². The zero-order valence-corrected chi connectivity index (χ0v) is 53.0. The Hall–Kier alpha value is -6.65. The fraction of sp³-hybridized carbons (Fsp3) is 0.474. The van der Waals surface area contributed by atoms with Crippen molar-refractivity contribution in [2.75, 3.05) is 83.4 Å². The van der Waals surface area contributed by atoms with Gasteiger partial charge in [0.2, 0.25) is 0 Å². The lowest BCUT2D eigenvalue weighted by Gasteiger charge is -2.32. The minimum atomic E-state index is 0.204. The van der Waals surface area contributed by atoms with E-state index in [1.54, 1.807) is 7.11 Å². The van der Waals surface area contributed by atoms with Gasteiger partial charge in [-0.1, -0.05) is 128 Å². The third kappa shape index (κ3) is 18.7. The van der Waals surface area contributed by atoms with Crippen LogP contribution in [0.3, 0.4) is 0 Å². The van der Waals surface area contributed by atoms with Gasteiger partial charge < -0.3 is 14.5 Å². The van der Waals surface area contributed by atoms with E-state index in [1.165, 1.54) is 129 Å². The van der Waals surface area contributed by atoms with Crippen molar-refractivity contribution in [2.24, 2.45) is 17.8 Å². The fourth-order valence-corrected chi connectivity index (χ4v) is 14.3. The molecule has 0 aromatic heterocycles. The van der Waals surface area contributed by atoms with Gasteiger partial charge in [-0.15, -0.1) is 0 Å². The van der Waals surface area contributed by atoms with Gasteiger partial charge >= 0.3 is 0 Å². The second-order valence-electron chi connectivity index (χ2n) is 26.2. The molecule has 9 heteroatoms. The van der Waals surface area contributed by atoms with Gasteiger partial charge in [-0.25, -0.2) is 0 Å². The highest BCUT2D eigenvalue weighted by molar-refractivity contribution is 6.13. The summed E-state index contributed by atoms with van der Waals surface area (Å²) in [6.07, 6.45) is 24.5. The molecule has 6 aromatic carbocycles. The quantitative estimate of drug-likeness (QED) is 0.0618. The Labute approximate surface area is 522 Å². The third-order valence-corrected chi connectivity index (χ3v) is 19.9. The van der Waals surface area contributed by atoms with Crippen LogP contribution in [0.1, 0.15) is 174 Å². The number of nitrogens with zero attached hydrogens (tertiary/aromatic N) is 5. The molecule has 0 bridgehead atoms. The van der Waals surface area contributed by atoms with Crippen molar-refractivity contribution in [3.05, 3.63) is 207 Å². The number of Topliss-reactive ketones (excluding diaryl/α,β-unsaturated/α-hetero) is 3. The van der Waals surface area contributed by atoms with E-state index in [0.29, 0.717) is 36.2 Å². The average Bonchev–Trinajstić information content (AvgIpc) is 3.73. The molecule has 5 aliphatic heterocycles. The number of methoxy groups -OCH3 is 1. The molecule has 9 nitrogen and oxygen atoms in total. The monoisotopic (exact) mass is 1170 g/mol. The van der Waals surface area contributed by atoms with E-state index in [9.17, 15) is 14.4 Å². The summed E-state index contributed by atoms with van der Waals surface area (Å²) < 4.78 is 5.28. The molecule has 6 aliphatic rings. The van der Waals surface area contributed by atoms with Crippen molar-refractivity contribution in [2.45, 2.75) is 148 Å². The van der Waals surface area contributed by atoms with Gasteiger partial charge in [0.1, 0.15) is 5.75 Å². The van der Waals surface area contributed by atoms with Crippen LogP contribution in [0.2, 0.25) is 0 Å². The van der Waals surface area contributed by atoms with E-state index >= 15 is 0 Å². The first kappa shape index (κ1) is 63.4. The van der Waals surface area contributed by atoms with Crippen LogP contribution in [0.4, 0.5) is 11.4 Å². The number of ether oxygens (including phenoxy) is 1. The fourth-order valence-electron chi connectivity index (χ4n) is 14.3. The van der Waals surface area contributed by atoms with Crippen molar-refractivity contribution in [1.82, 2.24) is 14.7 Å². The molecule has 0 saturated carbocycles. The predicted molar refractivity (Wildman–Crippen MR) is 359 cm³/mol. The van der Waals surface area contributed by atoms with Gasteiger partial charge in [0.25, 0.3) is 0 Å². The van der Waals surface area contributed by atoms with Gasteiger partial charge in [0, 0.05) is 99.7 Å². The lowest BCUT2D eigenvalue weighted by molar-refractivity contribution is 0.0954. The van der Waals surface area contributed by atoms with Crippen LogP contribution in [0, 0.1) is 17.8 Å². The van der Waals surface area contributed by atoms with Crippen molar-refractivity contribution >= 4 is 28.7 Å². The molecule has 3 saturated heterocycles. The van der Waals surface area contributed by atoms with Gasteiger partial charge in [0.05, 0.1) is 7.11 Å². The number of aryl methyl sites for hydroxylation is 2. The van der Waals surface area contributed by atoms with Gasteiger partial charge in [-0.2, -0.15) is 0 Å². The van der Waals surface area contributed by atoms with Crippen LogP contribution >= 0.6 is 0 Å². The maximum atomic E-state index is 12.9. The van der Waals surface area contributed by atoms with Crippen molar-refractivity contribution in [3.63, 3.8) is 0 Å². The largest absolute Gasteiger partial charge is 0.497 e. The Morgan fingerprint density at radius 2 is 0.897 bits per heavy atom. The highest BCUT2D eigenvalue weighted by Crippen LogP contribution is 2.34. The van der Waals surface area contributed by atoms with Crippen LogP contribution in [0.25, 0.3) is 0 Å². The number of allylic oxidation sites excluding steroid dienone is 2. The molecule has 5 heterocycles. The number of rotatable bonds is 18. The molecule has 3 fully saturated rings. The van der Waals surface area contributed by atoms with Crippen LogP contribution in [-0.2, 0) is 38.9 Å². The zero-order chi connectivity index (χ0) is 60.2. The Kier molecular flexibility index (Phi) is 23.7. The third-order valence-electron chi connectivity index (χ3n) is 19.9. The van der Waals surface area contributed by atoms with Gasteiger partial charge in [-0.05, 0) is 223 Å². The number of anilines is 2. The number of likely N-dealkylation sites (tertiary alicyclic amines) is 3. The van der Waals surface area contributed by atoms with Crippen LogP contribution in [-0.4, -0.2) is 106 Å². The number of carbonyl (C=O) groups is 3. The number of hydrogen-bond donors (Lipinski definition) is 0. The molecule has 460 valence electrons. The maximum Gasteiger partial charge on any atom is 0.189 e. The molecule has 0 radical (unpaired) electrons. The molecule has 0 unspecified atom stereocenters. The topological polar surface area (TPSA) is 76.6 Å². The highest BCUT2D eigenvalue weighted by atomic mass is 16.5. The van der Waals surface area contributed by atoms with E-state index < -0.39 is 0 Å². The SMILES string of the molecule is CN1CCCCCc2ccc(C(=O)CCC3CCN(Cc4ccccc4)CC3)cc21.CN1CCCCc2ccc(C(=O)CCC3CCN(Cc4ccccc4)CC3)cc21.COc1ccc2c(c1)C/C(=C/CCC1CCN(Cc3ccccc3)CC1)C2=O. The van der Waals surface area contributed by atoms with E-state index in [4.69, 9.17) is 4.74 Å². The van der Waals surface area contributed by atoms with Crippen LogP contribution in [0.5, 0.6) is 5.75 Å². The summed E-state index contributed by atoms with van der Waals surface area (Å²) in [6, 6.07) is 50.8. The number of benzene rings is 6. The maximum absolute atomic E-state index is 12.9. The lowest BCUT2D eigenvalue weighted by Crippen LogP contribution is -2.33. The summed E-state index contributed by atoms with van der Waals surface area (Å²) in [5, 5.41) is 0. The summed E-state index contributed by atoms with van der Waals surface area (Å²) >= 11 is 0. The van der Waals surface area contributed by atoms with Gasteiger partial charge in [-0.3, -0.25) is 29.1 Å². The Morgan fingerprint density at radius 1 is 0.471 bits per heavy atom. The molecule has 1 aliphatic carbocycles. The number of fused-ring (bicyclic) bond motifs is 3. The molecule has 0 amide bonds. The van der Waals surface area contributed by atoms with Crippen LogP contribution in [0.15, 0.2) is 157 Å². The summed E-state index contributed by atoms with van der Waals surface area (Å²) in [5.74, 6) is 3.83. The van der Waals surface area contributed by atoms with E-state index in [2.05, 4.69) is 172 Å². The summed E-state index contributed by atoms with van der Waals surface area (Å²) in [4.78, 5) is 50.7. The highest BCUT2D eigenvalue weighted by Gasteiger charge is 2.27. The minimum absolute atomic E-state index is 0.204. The first-order valence-corrected chi connectivity index (χ1v) is 33.5. The zero-order valence-electron chi connectivity index (χ0n) is 53.0. The molecular formula is C78H99N5O4. The van der Waals surface area contributed by atoms with Crippen molar-refractivity contribution < 1.29 is 19.1 Å². The molecule has 0 atom stereocenters. The van der Waals surface area contributed by atoms with Crippen LogP contribution < -0.4 is 14.5 Å². The standard InChI is InChI=1S/C27H36N2O.C26H34N2O.C25H29NO2/c1-28-17-7-3-6-10-24-12-13-25(20-26(24)28)27(30)14-11-22-15-18-29(19-16-22)21-23-8-4-2-5-9-23;1-27-16-6-5-9-23-11-12-24(19-25(23)27)26(29)13-10-21-14-17-28(18-15-21)20-22-7-3-2-4-8-22;1-28-23-10-11-24-22(17-23)16-21(25(24)27)9-5-8-19-12-14-26(15-13-19)18-20-6-3-2-4-7-20/h2,4-5,8-9,12-13,20,22H,3,6-7,10-11,14-19,21H2,1H3;2-4,7-8,11-12,19,21H,5-6,9-10,13-18,20H2,1H3;2-4,6-7,9-11,17,19H,5,8,12-16,18H2,1H3/b;;21-9-. The average molecular weight is 1170 g/mol. The normalized spacial score (nSPS) is 18.7. The van der Waals surface area contributed by atoms with Crippen molar-refractivity contribution in [3.8, 4) is 5.75 Å². The van der Waals surface area contributed by atoms with Gasteiger partial charge in [0.15, 0.2) is 17.3 Å². The Balaban J connectivity index is 0.000000145. The second kappa shape index (κ2) is 32.5.